The van der Waals surface area contributed by atoms with Crippen LogP contribution in [0, 0.1) is 23.6 Å². The second-order valence-corrected chi connectivity index (χ2v) is 6.59. The summed E-state index contributed by atoms with van der Waals surface area (Å²) in [6, 6.07) is 6.25. The second-order valence-electron chi connectivity index (χ2n) is 6.59. The summed E-state index contributed by atoms with van der Waals surface area (Å²) in [4.78, 5) is 23.9. The quantitative estimate of drug-likeness (QED) is 0.772. The van der Waals surface area contributed by atoms with Gasteiger partial charge in [-0.2, -0.15) is 0 Å². The standard InChI is InChI=1S/C18H25FN2O2/c1-12(2)7-9-20-17(22)15-11-16(15)18(23)21-10-8-13-3-5-14(19)6-4-13/h3-6,12,15-16H,7-11H2,1-2H3,(H,20,22)(H,21,23). The summed E-state index contributed by atoms with van der Waals surface area (Å²) >= 11 is 0. The molecule has 1 aliphatic rings. The molecule has 23 heavy (non-hydrogen) atoms. The molecule has 0 aliphatic heterocycles. The van der Waals surface area contributed by atoms with Gasteiger partial charge < -0.3 is 10.6 Å². The van der Waals surface area contributed by atoms with Crippen LogP contribution in [0.4, 0.5) is 4.39 Å². The number of rotatable bonds is 8. The zero-order chi connectivity index (χ0) is 16.8. The molecule has 2 atom stereocenters. The van der Waals surface area contributed by atoms with Gasteiger partial charge in [0.2, 0.25) is 11.8 Å². The van der Waals surface area contributed by atoms with Crippen LogP contribution in [0.15, 0.2) is 24.3 Å². The first kappa shape index (κ1) is 17.4. The molecule has 2 unspecified atom stereocenters. The van der Waals surface area contributed by atoms with Crippen LogP contribution in [0.1, 0.15) is 32.3 Å². The van der Waals surface area contributed by atoms with E-state index in [9.17, 15) is 14.0 Å². The highest BCUT2D eigenvalue weighted by Crippen LogP contribution is 2.38. The van der Waals surface area contributed by atoms with Gasteiger partial charge in [0.15, 0.2) is 0 Å². The Kier molecular flexibility index (Phi) is 6.13. The SMILES string of the molecule is CC(C)CCNC(=O)C1CC1C(=O)NCCc1ccc(F)cc1. The molecule has 1 saturated carbocycles. The predicted molar refractivity (Wildman–Crippen MR) is 87.2 cm³/mol. The third kappa shape index (κ3) is 5.66. The van der Waals surface area contributed by atoms with Crippen LogP contribution in [0.5, 0.6) is 0 Å². The van der Waals surface area contributed by atoms with Gasteiger partial charge >= 0.3 is 0 Å². The molecule has 0 spiro atoms. The summed E-state index contributed by atoms with van der Waals surface area (Å²) in [5.74, 6) is -0.141. The van der Waals surface area contributed by atoms with E-state index in [1.807, 2.05) is 0 Å². The molecule has 1 fully saturated rings. The Morgan fingerprint density at radius 3 is 2.22 bits per heavy atom. The Balaban J connectivity index is 1.63. The smallest absolute Gasteiger partial charge is 0.223 e. The van der Waals surface area contributed by atoms with E-state index in [2.05, 4.69) is 24.5 Å². The van der Waals surface area contributed by atoms with E-state index in [4.69, 9.17) is 0 Å². The molecule has 4 nitrogen and oxygen atoms in total. The summed E-state index contributed by atoms with van der Waals surface area (Å²) in [5.41, 5.74) is 0.977. The molecular formula is C18H25FN2O2. The lowest BCUT2D eigenvalue weighted by Crippen LogP contribution is -2.31. The minimum atomic E-state index is -0.262. The third-order valence-corrected chi connectivity index (χ3v) is 4.11. The van der Waals surface area contributed by atoms with Gasteiger partial charge in [-0.3, -0.25) is 9.59 Å². The van der Waals surface area contributed by atoms with Gasteiger partial charge in [-0.05, 0) is 42.9 Å². The molecule has 1 aromatic rings. The van der Waals surface area contributed by atoms with E-state index in [1.165, 1.54) is 12.1 Å². The van der Waals surface area contributed by atoms with Crippen LogP contribution in [-0.4, -0.2) is 24.9 Å². The highest BCUT2D eigenvalue weighted by atomic mass is 19.1. The zero-order valence-corrected chi connectivity index (χ0v) is 13.8. The van der Waals surface area contributed by atoms with Gasteiger partial charge in [-0.25, -0.2) is 4.39 Å². The largest absolute Gasteiger partial charge is 0.356 e. The van der Waals surface area contributed by atoms with Crippen molar-refractivity contribution in [2.45, 2.75) is 33.1 Å². The molecule has 0 radical (unpaired) electrons. The summed E-state index contributed by atoms with van der Waals surface area (Å²) in [7, 11) is 0. The Morgan fingerprint density at radius 2 is 1.65 bits per heavy atom. The molecule has 126 valence electrons. The van der Waals surface area contributed by atoms with Gasteiger partial charge in [0.1, 0.15) is 5.82 Å². The first-order chi connectivity index (χ1) is 11.0. The molecule has 2 N–H and O–H groups in total. The van der Waals surface area contributed by atoms with E-state index >= 15 is 0 Å². The zero-order valence-electron chi connectivity index (χ0n) is 13.8. The molecule has 5 heteroatoms. The lowest BCUT2D eigenvalue weighted by molar-refractivity contribution is -0.127. The monoisotopic (exact) mass is 320 g/mol. The van der Waals surface area contributed by atoms with Gasteiger partial charge in [-0.15, -0.1) is 0 Å². The minimum absolute atomic E-state index is 0.00988. The van der Waals surface area contributed by atoms with Crippen molar-refractivity contribution < 1.29 is 14.0 Å². The fourth-order valence-corrected chi connectivity index (χ4v) is 2.50. The van der Waals surface area contributed by atoms with Gasteiger partial charge in [0.05, 0.1) is 11.8 Å². The molecular weight excluding hydrogens is 295 g/mol. The van der Waals surface area contributed by atoms with Crippen LogP contribution >= 0.6 is 0 Å². The summed E-state index contributed by atoms with van der Waals surface area (Å²) < 4.78 is 12.8. The first-order valence-electron chi connectivity index (χ1n) is 8.27. The van der Waals surface area contributed by atoms with Crippen LogP contribution in [0.3, 0.4) is 0 Å². The third-order valence-electron chi connectivity index (χ3n) is 4.11. The predicted octanol–water partition coefficient (Wildman–Crippen LogP) is 2.28. The van der Waals surface area contributed by atoms with Crippen molar-refractivity contribution in [3.8, 4) is 0 Å². The normalized spacial score (nSPS) is 19.5. The van der Waals surface area contributed by atoms with Crippen molar-refractivity contribution in [2.24, 2.45) is 17.8 Å². The average Bonchev–Trinajstić information content (AvgIpc) is 3.29. The Morgan fingerprint density at radius 1 is 1.09 bits per heavy atom. The number of amides is 2. The van der Waals surface area contributed by atoms with Crippen molar-refractivity contribution in [1.82, 2.24) is 10.6 Å². The Labute approximate surface area is 136 Å². The van der Waals surface area contributed by atoms with Crippen molar-refractivity contribution in [2.75, 3.05) is 13.1 Å². The van der Waals surface area contributed by atoms with Gasteiger partial charge in [-0.1, -0.05) is 26.0 Å². The summed E-state index contributed by atoms with van der Waals surface area (Å²) in [6.07, 6.45) is 2.24. The van der Waals surface area contributed by atoms with Crippen molar-refractivity contribution >= 4 is 11.8 Å². The maximum absolute atomic E-state index is 12.8. The maximum Gasteiger partial charge on any atom is 0.223 e. The number of hydrogen-bond donors (Lipinski definition) is 2. The lowest BCUT2D eigenvalue weighted by atomic mass is 10.1. The van der Waals surface area contributed by atoms with Gasteiger partial charge in [0.25, 0.3) is 0 Å². The molecule has 1 aliphatic carbocycles. The number of carbonyl (C=O) groups is 2. The first-order valence-corrected chi connectivity index (χ1v) is 8.27. The highest BCUT2D eigenvalue weighted by molar-refractivity contribution is 5.92. The van der Waals surface area contributed by atoms with Crippen LogP contribution in [-0.2, 0) is 16.0 Å². The topological polar surface area (TPSA) is 58.2 Å². The summed E-state index contributed by atoms with van der Waals surface area (Å²) in [6.45, 7) is 5.40. The van der Waals surface area contributed by atoms with Crippen molar-refractivity contribution in [3.05, 3.63) is 35.6 Å². The van der Waals surface area contributed by atoms with E-state index in [-0.39, 0.29) is 29.5 Å². The van der Waals surface area contributed by atoms with E-state index in [1.54, 1.807) is 12.1 Å². The number of nitrogens with one attached hydrogen (secondary N) is 2. The Hall–Kier alpha value is -1.91. The van der Waals surface area contributed by atoms with E-state index in [0.29, 0.717) is 31.8 Å². The number of halogens is 1. The molecule has 0 heterocycles. The number of hydrogen-bond acceptors (Lipinski definition) is 2. The maximum atomic E-state index is 12.8. The molecule has 1 aromatic carbocycles. The second kappa shape index (κ2) is 8.09. The summed E-state index contributed by atoms with van der Waals surface area (Å²) in [5, 5.41) is 5.75. The van der Waals surface area contributed by atoms with E-state index < -0.39 is 0 Å². The van der Waals surface area contributed by atoms with Crippen molar-refractivity contribution in [1.29, 1.82) is 0 Å². The molecule has 2 rings (SSSR count). The lowest BCUT2D eigenvalue weighted by Gasteiger charge is -2.07. The fourth-order valence-electron chi connectivity index (χ4n) is 2.50. The fraction of sp³-hybridized carbons (Fsp3) is 0.556. The molecule has 0 saturated heterocycles. The van der Waals surface area contributed by atoms with E-state index in [0.717, 1.165) is 12.0 Å². The van der Waals surface area contributed by atoms with Crippen LogP contribution in [0.25, 0.3) is 0 Å². The number of carbonyl (C=O) groups excluding carboxylic acids is 2. The molecule has 0 aromatic heterocycles. The Bertz CT molecular complexity index is 542. The average molecular weight is 320 g/mol. The van der Waals surface area contributed by atoms with Crippen LogP contribution < -0.4 is 10.6 Å². The van der Waals surface area contributed by atoms with Crippen LogP contribution in [0.2, 0.25) is 0 Å². The van der Waals surface area contributed by atoms with Crippen molar-refractivity contribution in [3.63, 3.8) is 0 Å². The highest BCUT2D eigenvalue weighted by Gasteiger charge is 2.47. The van der Waals surface area contributed by atoms with Gasteiger partial charge in [0, 0.05) is 13.1 Å². The minimum Gasteiger partial charge on any atom is -0.356 e. The molecule has 2 amide bonds. The number of benzene rings is 1. The molecule has 0 bridgehead atoms.